The summed E-state index contributed by atoms with van der Waals surface area (Å²) < 4.78 is 7.59. The molecule has 3 rings (SSSR count). The highest BCUT2D eigenvalue weighted by Crippen LogP contribution is 2.39. The van der Waals surface area contributed by atoms with Crippen LogP contribution in [0.15, 0.2) is 29.4 Å². The van der Waals surface area contributed by atoms with Gasteiger partial charge in [-0.1, -0.05) is 31.5 Å². The van der Waals surface area contributed by atoms with Gasteiger partial charge in [0, 0.05) is 17.4 Å². The molecule has 1 aromatic heterocycles. The van der Waals surface area contributed by atoms with Crippen LogP contribution in [0.4, 0.5) is 0 Å². The number of thioether (sulfide) groups is 1. The molecular formula is C20H26N4OS. The number of benzene rings is 1. The minimum atomic E-state index is -0.00151. The summed E-state index contributed by atoms with van der Waals surface area (Å²) >= 11 is 1.64. The standard InChI is InChI=1S/C20H26N4OS/c1-14(12-21)13-26-20-23-22-19(16-8-10-17(25-3)11-9-16)24(20)18-7-5-4-6-15(18)2/h8-11,14-15,18H,4-7,13H2,1-3H3/t14-,15+,18-/m0/s1. The molecule has 0 amide bonds. The van der Waals surface area contributed by atoms with Crippen LogP contribution in [0.5, 0.6) is 5.75 Å². The maximum atomic E-state index is 9.09. The van der Waals surface area contributed by atoms with Crippen LogP contribution in [0.3, 0.4) is 0 Å². The predicted molar refractivity (Wildman–Crippen MR) is 104 cm³/mol. The molecule has 1 fully saturated rings. The lowest BCUT2D eigenvalue weighted by molar-refractivity contribution is 0.247. The zero-order chi connectivity index (χ0) is 18.5. The summed E-state index contributed by atoms with van der Waals surface area (Å²) in [5, 5.41) is 19.0. The second-order valence-electron chi connectivity index (χ2n) is 7.07. The first kappa shape index (κ1) is 18.8. The van der Waals surface area contributed by atoms with E-state index in [4.69, 9.17) is 10.00 Å². The first-order valence-corrected chi connectivity index (χ1v) is 10.2. The van der Waals surface area contributed by atoms with Gasteiger partial charge in [-0.3, -0.25) is 4.57 Å². The van der Waals surface area contributed by atoms with Crippen molar-refractivity contribution in [3.63, 3.8) is 0 Å². The van der Waals surface area contributed by atoms with Crippen molar-refractivity contribution in [1.82, 2.24) is 14.8 Å². The van der Waals surface area contributed by atoms with Crippen molar-refractivity contribution in [2.45, 2.75) is 50.7 Å². The number of hydrogen-bond acceptors (Lipinski definition) is 5. The van der Waals surface area contributed by atoms with Crippen molar-refractivity contribution in [2.75, 3.05) is 12.9 Å². The lowest BCUT2D eigenvalue weighted by atomic mass is 9.85. The molecule has 0 spiro atoms. The number of nitrogens with zero attached hydrogens (tertiary/aromatic N) is 4. The molecule has 0 unspecified atom stereocenters. The molecule has 2 aromatic rings. The number of nitriles is 1. The van der Waals surface area contributed by atoms with Crippen LogP contribution in [0, 0.1) is 23.2 Å². The van der Waals surface area contributed by atoms with Gasteiger partial charge < -0.3 is 4.74 Å². The molecule has 1 aliphatic rings. The van der Waals surface area contributed by atoms with Gasteiger partial charge in [0.05, 0.1) is 19.1 Å². The highest BCUT2D eigenvalue weighted by Gasteiger charge is 2.28. The fourth-order valence-electron chi connectivity index (χ4n) is 3.53. The number of ether oxygens (including phenoxy) is 1. The SMILES string of the molecule is COc1ccc(-c2nnc(SC[C@@H](C)C#N)n2[C@H]2CCCC[C@H]2C)cc1. The number of aromatic nitrogens is 3. The van der Waals surface area contributed by atoms with Gasteiger partial charge in [0.1, 0.15) is 5.75 Å². The Balaban J connectivity index is 1.97. The largest absolute Gasteiger partial charge is 0.497 e. The maximum Gasteiger partial charge on any atom is 0.191 e. The molecule has 138 valence electrons. The highest BCUT2D eigenvalue weighted by molar-refractivity contribution is 7.99. The van der Waals surface area contributed by atoms with E-state index >= 15 is 0 Å². The van der Waals surface area contributed by atoms with Crippen LogP contribution in [0.2, 0.25) is 0 Å². The third-order valence-electron chi connectivity index (χ3n) is 5.09. The monoisotopic (exact) mass is 370 g/mol. The fourth-order valence-corrected chi connectivity index (χ4v) is 4.46. The summed E-state index contributed by atoms with van der Waals surface area (Å²) in [7, 11) is 1.67. The molecule has 6 heteroatoms. The molecule has 0 bridgehead atoms. The molecule has 3 atom stereocenters. The Kier molecular flexibility index (Phi) is 6.20. The summed E-state index contributed by atoms with van der Waals surface area (Å²) in [6.07, 6.45) is 4.94. The second-order valence-corrected chi connectivity index (χ2v) is 8.06. The Morgan fingerprint density at radius 1 is 1.27 bits per heavy atom. The first-order chi connectivity index (χ1) is 12.6. The van der Waals surface area contributed by atoms with E-state index in [1.807, 2.05) is 31.2 Å². The molecule has 1 heterocycles. The van der Waals surface area contributed by atoms with E-state index in [2.05, 4.69) is 27.8 Å². The van der Waals surface area contributed by atoms with Gasteiger partial charge in [0.15, 0.2) is 11.0 Å². The van der Waals surface area contributed by atoms with Gasteiger partial charge in [-0.05, 0) is 49.9 Å². The Bertz CT molecular complexity index is 765. The average molecular weight is 371 g/mol. The topological polar surface area (TPSA) is 63.7 Å². The predicted octanol–water partition coefficient (Wildman–Crippen LogP) is 4.96. The number of rotatable bonds is 6. The molecule has 1 aliphatic carbocycles. The molecule has 1 aromatic carbocycles. The fraction of sp³-hybridized carbons (Fsp3) is 0.550. The van der Waals surface area contributed by atoms with Crippen molar-refractivity contribution in [2.24, 2.45) is 11.8 Å². The summed E-state index contributed by atoms with van der Waals surface area (Å²) in [5.41, 5.74) is 1.05. The molecule has 0 N–H and O–H groups in total. The minimum absolute atomic E-state index is 0.00151. The molecule has 0 saturated heterocycles. The van der Waals surface area contributed by atoms with Gasteiger partial charge in [0.2, 0.25) is 0 Å². The molecule has 0 aliphatic heterocycles. The quantitative estimate of drug-likeness (QED) is 0.673. The van der Waals surface area contributed by atoms with Gasteiger partial charge in [0.25, 0.3) is 0 Å². The smallest absolute Gasteiger partial charge is 0.191 e. The molecule has 26 heavy (non-hydrogen) atoms. The summed E-state index contributed by atoms with van der Waals surface area (Å²) in [6.45, 7) is 4.27. The normalized spacial score (nSPS) is 21.2. The van der Waals surface area contributed by atoms with Crippen molar-refractivity contribution in [1.29, 1.82) is 5.26 Å². The van der Waals surface area contributed by atoms with Crippen LogP contribution in [-0.2, 0) is 0 Å². The van der Waals surface area contributed by atoms with Crippen LogP contribution in [-0.4, -0.2) is 27.6 Å². The lowest BCUT2D eigenvalue weighted by Crippen LogP contribution is -2.22. The zero-order valence-corrected chi connectivity index (χ0v) is 16.5. The number of hydrogen-bond donors (Lipinski definition) is 0. The third kappa shape index (κ3) is 4.04. The number of methoxy groups -OCH3 is 1. The average Bonchev–Trinajstić information content (AvgIpc) is 3.10. The van der Waals surface area contributed by atoms with E-state index in [-0.39, 0.29) is 5.92 Å². The van der Waals surface area contributed by atoms with E-state index in [9.17, 15) is 0 Å². The summed E-state index contributed by atoms with van der Waals surface area (Å²) in [4.78, 5) is 0. The van der Waals surface area contributed by atoms with E-state index in [1.54, 1.807) is 18.9 Å². The van der Waals surface area contributed by atoms with Crippen LogP contribution >= 0.6 is 11.8 Å². The van der Waals surface area contributed by atoms with E-state index in [0.717, 1.165) is 34.5 Å². The van der Waals surface area contributed by atoms with Crippen LogP contribution in [0.25, 0.3) is 11.4 Å². The van der Waals surface area contributed by atoms with Crippen molar-refractivity contribution in [3.8, 4) is 23.2 Å². The van der Waals surface area contributed by atoms with Crippen molar-refractivity contribution < 1.29 is 4.74 Å². The molecule has 0 radical (unpaired) electrons. The molecule has 5 nitrogen and oxygen atoms in total. The Morgan fingerprint density at radius 3 is 2.65 bits per heavy atom. The zero-order valence-electron chi connectivity index (χ0n) is 15.7. The van der Waals surface area contributed by atoms with Gasteiger partial charge in [-0.15, -0.1) is 10.2 Å². The third-order valence-corrected chi connectivity index (χ3v) is 6.30. The Labute approximate surface area is 159 Å². The van der Waals surface area contributed by atoms with Crippen molar-refractivity contribution in [3.05, 3.63) is 24.3 Å². The highest BCUT2D eigenvalue weighted by atomic mass is 32.2. The first-order valence-electron chi connectivity index (χ1n) is 9.25. The Morgan fingerprint density at radius 2 is 2.00 bits per heavy atom. The summed E-state index contributed by atoms with van der Waals surface area (Å²) in [6, 6.07) is 10.7. The molecule has 1 saturated carbocycles. The van der Waals surface area contributed by atoms with E-state index in [1.165, 1.54) is 19.3 Å². The second kappa shape index (κ2) is 8.59. The minimum Gasteiger partial charge on any atom is -0.497 e. The van der Waals surface area contributed by atoms with Gasteiger partial charge >= 0.3 is 0 Å². The van der Waals surface area contributed by atoms with E-state index < -0.39 is 0 Å². The van der Waals surface area contributed by atoms with Crippen LogP contribution < -0.4 is 4.74 Å². The van der Waals surface area contributed by atoms with Crippen LogP contribution in [0.1, 0.15) is 45.6 Å². The lowest BCUT2D eigenvalue weighted by Gasteiger charge is -2.31. The molecular weight excluding hydrogens is 344 g/mol. The van der Waals surface area contributed by atoms with Gasteiger partial charge in [-0.2, -0.15) is 5.26 Å². The van der Waals surface area contributed by atoms with Gasteiger partial charge in [-0.25, -0.2) is 0 Å². The maximum absolute atomic E-state index is 9.09. The van der Waals surface area contributed by atoms with E-state index in [0.29, 0.717) is 12.0 Å². The summed E-state index contributed by atoms with van der Waals surface area (Å²) in [5.74, 6) is 3.09. The Hall–Kier alpha value is -2.00. The van der Waals surface area contributed by atoms with Crippen molar-refractivity contribution >= 4 is 11.8 Å².